The van der Waals surface area contributed by atoms with Gasteiger partial charge < -0.3 is 5.11 Å². The number of sulfonamides is 1. The van der Waals surface area contributed by atoms with Crippen LogP contribution in [0.3, 0.4) is 0 Å². The van der Waals surface area contributed by atoms with Crippen LogP contribution < -0.4 is 4.72 Å². The summed E-state index contributed by atoms with van der Waals surface area (Å²) in [6.45, 7) is 0. The monoisotopic (exact) mass is 435 g/mol. The highest BCUT2D eigenvalue weighted by molar-refractivity contribution is 7.89. The average molecular weight is 436 g/mol. The molecule has 0 saturated heterocycles. The van der Waals surface area contributed by atoms with Crippen LogP contribution in [-0.2, 0) is 16.4 Å². The number of nitrogens with zero attached hydrogens (tertiary/aromatic N) is 2. The molecule has 1 aromatic heterocycles. The van der Waals surface area contributed by atoms with Gasteiger partial charge in [-0.15, -0.1) is 11.3 Å². The van der Waals surface area contributed by atoms with Crippen molar-refractivity contribution in [2.45, 2.75) is 17.4 Å². The molecule has 0 amide bonds. The van der Waals surface area contributed by atoms with Crippen LogP contribution in [-0.4, -0.2) is 18.5 Å². The summed E-state index contributed by atoms with van der Waals surface area (Å²) >= 11 is 1.32. The molecule has 0 radical (unpaired) electrons. The van der Waals surface area contributed by atoms with Crippen molar-refractivity contribution in [2.75, 3.05) is 0 Å². The summed E-state index contributed by atoms with van der Waals surface area (Å²) in [7, 11) is -3.79. The van der Waals surface area contributed by atoms with E-state index in [1.165, 1.54) is 23.5 Å². The van der Waals surface area contributed by atoms with Crippen LogP contribution in [0.15, 0.2) is 77.7 Å². The van der Waals surface area contributed by atoms with E-state index in [2.05, 4.69) is 15.8 Å². The van der Waals surface area contributed by atoms with Crippen molar-refractivity contribution < 1.29 is 13.5 Å². The van der Waals surface area contributed by atoms with E-state index in [1.807, 2.05) is 6.07 Å². The number of rotatable bonds is 6. The van der Waals surface area contributed by atoms with E-state index in [0.717, 1.165) is 10.3 Å². The van der Waals surface area contributed by atoms with Crippen molar-refractivity contribution in [3.05, 3.63) is 88.9 Å². The SMILES string of the molecule is N#Cc1cccc(CC(NS(=O)(=O)c2ccccc2)c2nc3ccc(O)cc3s2)c1. The minimum absolute atomic E-state index is 0.126. The normalized spacial score (nSPS) is 12.5. The Morgan fingerprint density at radius 3 is 2.63 bits per heavy atom. The Kier molecular flexibility index (Phi) is 5.50. The van der Waals surface area contributed by atoms with Crippen LogP contribution in [0.1, 0.15) is 22.2 Å². The third-order valence-corrected chi connectivity index (χ3v) is 7.15. The van der Waals surface area contributed by atoms with E-state index in [4.69, 9.17) is 0 Å². The highest BCUT2D eigenvalue weighted by Crippen LogP contribution is 2.31. The molecule has 1 atom stereocenters. The van der Waals surface area contributed by atoms with Crippen LogP contribution in [0.4, 0.5) is 0 Å². The maximum Gasteiger partial charge on any atom is 0.241 e. The van der Waals surface area contributed by atoms with Gasteiger partial charge in [0, 0.05) is 0 Å². The molecule has 30 heavy (non-hydrogen) atoms. The third-order valence-electron chi connectivity index (χ3n) is 4.53. The lowest BCUT2D eigenvalue weighted by atomic mass is 10.0. The topological polar surface area (TPSA) is 103 Å². The number of aromatic hydroxyl groups is 1. The Balaban J connectivity index is 1.74. The van der Waals surface area contributed by atoms with E-state index in [0.29, 0.717) is 22.5 Å². The molecule has 4 aromatic rings. The lowest BCUT2D eigenvalue weighted by Gasteiger charge is -2.17. The average Bonchev–Trinajstić information content (AvgIpc) is 3.17. The number of aromatic nitrogens is 1. The number of hydrogen-bond donors (Lipinski definition) is 2. The van der Waals surface area contributed by atoms with Crippen molar-refractivity contribution in [2.24, 2.45) is 0 Å². The molecule has 0 spiro atoms. The van der Waals surface area contributed by atoms with E-state index < -0.39 is 16.1 Å². The van der Waals surface area contributed by atoms with Gasteiger partial charge >= 0.3 is 0 Å². The second-order valence-corrected chi connectivity index (χ2v) is 9.48. The lowest BCUT2D eigenvalue weighted by Crippen LogP contribution is -2.30. The van der Waals surface area contributed by atoms with Crippen molar-refractivity contribution in [1.29, 1.82) is 5.26 Å². The maximum atomic E-state index is 13.0. The zero-order chi connectivity index (χ0) is 21.1. The van der Waals surface area contributed by atoms with Crippen LogP contribution >= 0.6 is 11.3 Å². The van der Waals surface area contributed by atoms with Gasteiger partial charge in [-0.3, -0.25) is 0 Å². The van der Waals surface area contributed by atoms with Crippen LogP contribution in [0, 0.1) is 11.3 Å². The van der Waals surface area contributed by atoms with Crippen LogP contribution in [0.5, 0.6) is 5.75 Å². The number of phenols is 1. The second-order valence-electron chi connectivity index (χ2n) is 6.71. The molecule has 6 nitrogen and oxygen atoms in total. The van der Waals surface area contributed by atoms with Gasteiger partial charge in [0.05, 0.1) is 32.8 Å². The highest BCUT2D eigenvalue weighted by Gasteiger charge is 2.24. The number of nitrogens with one attached hydrogen (secondary N) is 1. The number of hydrogen-bond acceptors (Lipinski definition) is 6. The van der Waals surface area contributed by atoms with Gasteiger partial charge in [-0.25, -0.2) is 18.1 Å². The fraction of sp³-hybridized carbons (Fsp3) is 0.0909. The number of thiazole rings is 1. The summed E-state index contributed by atoms with van der Waals surface area (Å²) in [5.74, 6) is 0.126. The predicted octanol–water partition coefficient (Wildman–Crippen LogP) is 4.14. The molecule has 2 N–H and O–H groups in total. The molecule has 0 fully saturated rings. The summed E-state index contributed by atoms with van der Waals surface area (Å²) in [5, 5.41) is 19.5. The van der Waals surface area contributed by atoms with E-state index >= 15 is 0 Å². The molecule has 1 unspecified atom stereocenters. The first kappa shape index (κ1) is 20.0. The smallest absolute Gasteiger partial charge is 0.241 e. The standard InChI is InChI=1S/C22H17N3O3S2/c23-14-16-6-4-5-15(11-16)12-20(25-30(27,28)18-7-2-1-3-8-18)22-24-19-10-9-17(26)13-21(19)29-22/h1-11,13,20,25-26H,12H2. The lowest BCUT2D eigenvalue weighted by molar-refractivity contribution is 0.476. The summed E-state index contributed by atoms with van der Waals surface area (Å²) in [5.41, 5.74) is 2.01. The summed E-state index contributed by atoms with van der Waals surface area (Å²) < 4.78 is 29.5. The van der Waals surface area contributed by atoms with Gasteiger partial charge in [-0.1, -0.05) is 30.3 Å². The minimum Gasteiger partial charge on any atom is -0.508 e. The Labute approximate surface area is 178 Å². The number of benzene rings is 3. The maximum absolute atomic E-state index is 13.0. The van der Waals surface area contributed by atoms with Crippen molar-refractivity contribution >= 4 is 31.6 Å². The third kappa shape index (κ3) is 4.33. The van der Waals surface area contributed by atoms with Gasteiger partial charge in [0.25, 0.3) is 0 Å². The van der Waals surface area contributed by atoms with Gasteiger partial charge in [0.1, 0.15) is 10.8 Å². The first-order valence-electron chi connectivity index (χ1n) is 9.10. The zero-order valence-corrected chi connectivity index (χ0v) is 17.3. The van der Waals surface area contributed by atoms with Crippen molar-refractivity contribution in [1.82, 2.24) is 9.71 Å². The predicted molar refractivity (Wildman–Crippen MR) is 116 cm³/mol. The fourth-order valence-electron chi connectivity index (χ4n) is 3.12. The Bertz CT molecular complexity index is 1340. The first-order chi connectivity index (χ1) is 14.4. The first-order valence-corrected chi connectivity index (χ1v) is 11.4. The summed E-state index contributed by atoms with van der Waals surface area (Å²) in [4.78, 5) is 4.75. The van der Waals surface area contributed by atoms with Crippen LogP contribution in [0.2, 0.25) is 0 Å². The molecule has 0 bridgehead atoms. The molecule has 1 heterocycles. The second kappa shape index (κ2) is 8.24. The molecule has 0 aliphatic rings. The quantitative estimate of drug-likeness (QED) is 0.474. The summed E-state index contributed by atoms with van der Waals surface area (Å²) in [6.07, 6.45) is 0.327. The summed E-state index contributed by atoms with van der Waals surface area (Å²) in [6, 6.07) is 21.5. The molecule has 3 aromatic carbocycles. The van der Waals surface area contributed by atoms with Gasteiger partial charge in [0.15, 0.2) is 0 Å². The molecular weight excluding hydrogens is 418 g/mol. The Morgan fingerprint density at radius 1 is 1.07 bits per heavy atom. The number of fused-ring (bicyclic) bond motifs is 1. The van der Waals surface area contributed by atoms with Gasteiger partial charge in [0.2, 0.25) is 10.0 Å². The Morgan fingerprint density at radius 2 is 1.87 bits per heavy atom. The van der Waals surface area contributed by atoms with E-state index in [1.54, 1.807) is 54.6 Å². The molecule has 150 valence electrons. The van der Waals surface area contributed by atoms with Gasteiger partial charge in [-0.2, -0.15) is 5.26 Å². The van der Waals surface area contributed by atoms with E-state index in [9.17, 15) is 18.8 Å². The van der Waals surface area contributed by atoms with Crippen LogP contribution in [0.25, 0.3) is 10.2 Å². The Hall–Kier alpha value is -3.25. The molecule has 4 rings (SSSR count). The van der Waals surface area contributed by atoms with Crippen molar-refractivity contribution in [3.63, 3.8) is 0 Å². The molecule has 0 aliphatic heterocycles. The number of nitriles is 1. The van der Waals surface area contributed by atoms with Crippen molar-refractivity contribution in [3.8, 4) is 11.8 Å². The van der Waals surface area contributed by atoms with E-state index in [-0.39, 0.29) is 10.6 Å². The fourth-order valence-corrected chi connectivity index (χ4v) is 5.47. The largest absolute Gasteiger partial charge is 0.508 e. The molecule has 0 saturated carbocycles. The minimum atomic E-state index is -3.79. The highest BCUT2D eigenvalue weighted by atomic mass is 32.2. The number of phenolic OH excluding ortho intramolecular Hbond substituents is 1. The zero-order valence-electron chi connectivity index (χ0n) is 15.7. The van der Waals surface area contributed by atoms with Gasteiger partial charge in [-0.05, 0) is 54.4 Å². The molecule has 8 heteroatoms. The molecule has 0 aliphatic carbocycles. The molecular formula is C22H17N3O3S2.